The molecule has 2 bridgehead atoms. The largest absolute Gasteiger partial charge is 0.489 e. The quantitative estimate of drug-likeness (QED) is 0.863. The fraction of sp³-hybridized carbons (Fsp3) is 0.471. The Morgan fingerprint density at radius 2 is 2.14 bits per heavy atom. The third-order valence-electron chi connectivity index (χ3n) is 4.36. The molecular weight excluding hydrogens is 264 g/mol. The first-order valence-corrected chi connectivity index (χ1v) is 7.67. The van der Waals surface area contributed by atoms with Gasteiger partial charge in [-0.15, -0.1) is 0 Å². The van der Waals surface area contributed by atoms with Gasteiger partial charge in [-0.25, -0.2) is 0 Å². The predicted molar refractivity (Wildman–Crippen MR) is 82.6 cm³/mol. The van der Waals surface area contributed by atoms with Gasteiger partial charge in [0, 0.05) is 18.6 Å². The molecule has 2 atom stereocenters. The number of nitrogens with one attached hydrogen (secondary N) is 1. The van der Waals surface area contributed by atoms with Gasteiger partial charge in [-0.05, 0) is 37.9 Å². The number of ether oxygens (including phenoxy) is 1. The number of hydrogen-bond acceptors (Lipinski definition) is 3. The number of fused-ring (bicyclic) bond motifs is 2. The van der Waals surface area contributed by atoms with Crippen molar-refractivity contribution < 1.29 is 9.53 Å². The van der Waals surface area contributed by atoms with Crippen molar-refractivity contribution in [1.29, 1.82) is 0 Å². The van der Waals surface area contributed by atoms with Crippen LogP contribution < -0.4 is 10.1 Å². The van der Waals surface area contributed by atoms with Gasteiger partial charge in [0.05, 0.1) is 5.56 Å². The third-order valence-corrected chi connectivity index (χ3v) is 4.36. The summed E-state index contributed by atoms with van der Waals surface area (Å²) >= 11 is 0. The fourth-order valence-electron chi connectivity index (χ4n) is 3.37. The molecule has 0 aliphatic carbocycles. The van der Waals surface area contributed by atoms with Crippen LogP contribution in [0.15, 0.2) is 36.9 Å². The first-order chi connectivity index (χ1) is 10.3. The van der Waals surface area contributed by atoms with Crippen LogP contribution in [-0.4, -0.2) is 42.6 Å². The standard InChI is InChI=1S/C17H22N2O2/c1-2-11-21-16-6-4-3-5-15(16)17(20)19-13-7-8-14(19)12-18-10-9-13/h2-6,13-14,18H,1,7-12H2. The van der Waals surface area contributed by atoms with Crippen LogP contribution in [0.1, 0.15) is 29.6 Å². The summed E-state index contributed by atoms with van der Waals surface area (Å²) < 4.78 is 5.64. The van der Waals surface area contributed by atoms with E-state index in [4.69, 9.17) is 4.74 Å². The second-order valence-electron chi connectivity index (χ2n) is 5.69. The van der Waals surface area contributed by atoms with Crippen LogP contribution in [0.4, 0.5) is 0 Å². The number of amides is 1. The Bertz CT molecular complexity index is 515. The summed E-state index contributed by atoms with van der Waals surface area (Å²) in [5.74, 6) is 0.755. The Morgan fingerprint density at radius 3 is 3.00 bits per heavy atom. The molecule has 2 heterocycles. The van der Waals surface area contributed by atoms with E-state index in [9.17, 15) is 4.79 Å². The van der Waals surface area contributed by atoms with E-state index in [0.29, 0.717) is 30.0 Å². The molecule has 3 rings (SSSR count). The smallest absolute Gasteiger partial charge is 0.258 e. The van der Waals surface area contributed by atoms with Crippen LogP contribution in [0.5, 0.6) is 5.75 Å². The van der Waals surface area contributed by atoms with Crippen LogP contribution >= 0.6 is 0 Å². The van der Waals surface area contributed by atoms with Crippen LogP contribution in [0.2, 0.25) is 0 Å². The highest BCUT2D eigenvalue weighted by atomic mass is 16.5. The van der Waals surface area contributed by atoms with E-state index in [-0.39, 0.29) is 5.91 Å². The molecular formula is C17H22N2O2. The molecule has 2 unspecified atom stereocenters. The molecule has 2 aliphatic rings. The number of carbonyl (C=O) groups is 1. The first-order valence-electron chi connectivity index (χ1n) is 7.67. The molecule has 2 aliphatic heterocycles. The maximum atomic E-state index is 13.0. The third kappa shape index (κ3) is 2.81. The fourth-order valence-corrected chi connectivity index (χ4v) is 3.37. The summed E-state index contributed by atoms with van der Waals surface area (Å²) in [7, 11) is 0. The molecule has 1 aromatic carbocycles. The molecule has 112 valence electrons. The van der Waals surface area contributed by atoms with E-state index in [2.05, 4.69) is 16.8 Å². The van der Waals surface area contributed by atoms with Crippen LogP contribution in [-0.2, 0) is 0 Å². The lowest BCUT2D eigenvalue weighted by Gasteiger charge is -2.28. The average Bonchev–Trinajstić information content (AvgIpc) is 2.78. The molecule has 1 amide bonds. The summed E-state index contributed by atoms with van der Waals surface area (Å²) in [5.41, 5.74) is 0.665. The van der Waals surface area contributed by atoms with E-state index in [0.717, 1.165) is 32.4 Å². The van der Waals surface area contributed by atoms with Crippen molar-refractivity contribution in [1.82, 2.24) is 10.2 Å². The Hall–Kier alpha value is -1.81. The minimum Gasteiger partial charge on any atom is -0.489 e. The van der Waals surface area contributed by atoms with Gasteiger partial charge in [-0.3, -0.25) is 4.79 Å². The van der Waals surface area contributed by atoms with Gasteiger partial charge < -0.3 is 15.0 Å². The SMILES string of the molecule is C=CCOc1ccccc1C(=O)N1C2CCNCC1CC2. The molecule has 0 aromatic heterocycles. The number of nitrogens with zero attached hydrogens (tertiary/aromatic N) is 1. The summed E-state index contributed by atoms with van der Waals surface area (Å²) in [5, 5.41) is 3.43. The van der Waals surface area contributed by atoms with E-state index in [1.54, 1.807) is 6.08 Å². The summed E-state index contributed by atoms with van der Waals surface area (Å²) in [6.45, 7) is 5.97. The number of para-hydroxylation sites is 1. The van der Waals surface area contributed by atoms with Gasteiger partial charge in [0.15, 0.2) is 0 Å². The Kier molecular flexibility index (Phi) is 4.25. The van der Waals surface area contributed by atoms with Crippen molar-refractivity contribution in [2.75, 3.05) is 19.7 Å². The highest BCUT2D eigenvalue weighted by molar-refractivity contribution is 5.97. The molecule has 4 heteroatoms. The zero-order valence-corrected chi connectivity index (χ0v) is 12.3. The van der Waals surface area contributed by atoms with Gasteiger partial charge in [0.1, 0.15) is 12.4 Å². The molecule has 1 N–H and O–H groups in total. The second kappa shape index (κ2) is 6.31. The van der Waals surface area contributed by atoms with Crippen molar-refractivity contribution in [2.24, 2.45) is 0 Å². The highest BCUT2D eigenvalue weighted by Gasteiger charge is 2.38. The van der Waals surface area contributed by atoms with E-state index < -0.39 is 0 Å². The zero-order valence-electron chi connectivity index (χ0n) is 12.3. The number of benzene rings is 1. The van der Waals surface area contributed by atoms with Gasteiger partial charge in [0.2, 0.25) is 0 Å². The maximum Gasteiger partial charge on any atom is 0.258 e. The second-order valence-corrected chi connectivity index (χ2v) is 5.69. The van der Waals surface area contributed by atoms with Crippen LogP contribution in [0, 0.1) is 0 Å². The van der Waals surface area contributed by atoms with Crippen molar-refractivity contribution in [3.05, 3.63) is 42.5 Å². The Labute approximate surface area is 125 Å². The first kappa shape index (κ1) is 14.1. The molecule has 2 fully saturated rings. The number of hydrogen-bond donors (Lipinski definition) is 1. The summed E-state index contributed by atoms with van der Waals surface area (Å²) in [6, 6.07) is 8.19. The average molecular weight is 286 g/mol. The lowest BCUT2D eigenvalue weighted by atomic mass is 10.1. The van der Waals surface area contributed by atoms with Crippen molar-refractivity contribution in [2.45, 2.75) is 31.3 Å². The number of carbonyl (C=O) groups excluding carboxylic acids is 1. The molecule has 0 radical (unpaired) electrons. The van der Waals surface area contributed by atoms with Gasteiger partial charge >= 0.3 is 0 Å². The van der Waals surface area contributed by atoms with Crippen LogP contribution in [0.25, 0.3) is 0 Å². The molecule has 1 aromatic rings. The molecule has 0 saturated carbocycles. The Balaban J connectivity index is 1.86. The minimum absolute atomic E-state index is 0.103. The predicted octanol–water partition coefficient (Wildman–Crippen LogP) is 2.22. The van der Waals surface area contributed by atoms with Gasteiger partial charge in [0.25, 0.3) is 5.91 Å². The van der Waals surface area contributed by atoms with Crippen molar-refractivity contribution in [3.8, 4) is 5.75 Å². The molecule has 21 heavy (non-hydrogen) atoms. The van der Waals surface area contributed by atoms with Crippen molar-refractivity contribution in [3.63, 3.8) is 0 Å². The monoisotopic (exact) mass is 286 g/mol. The van der Waals surface area contributed by atoms with E-state index >= 15 is 0 Å². The van der Waals surface area contributed by atoms with Crippen LogP contribution in [0.3, 0.4) is 0 Å². The van der Waals surface area contributed by atoms with Gasteiger partial charge in [-0.1, -0.05) is 24.8 Å². The highest BCUT2D eigenvalue weighted by Crippen LogP contribution is 2.31. The summed E-state index contributed by atoms with van der Waals surface area (Å²) in [4.78, 5) is 15.1. The van der Waals surface area contributed by atoms with E-state index in [1.807, 2.05) is 24.3 Å². The van der Waals surface area contributed by atoms with E-state index in [1.165, 1.54) is 0 Å². The van der Waals surface area contributed by atoms with Gasteiger partial charge in [-0.2, -0.15) is 0 Å². The molecule has 2 saturated heterocycles. The lowest BCUT2D eigenvalue weighted by Crippen LogP contribution is -2.42. The number of rotatable bonds is 4. The molecule has 0 spiro atoms. The lowest BCUT2D eigenvalue weighted by molar-refractivity contribution is 0.0676. The summed E-state index contributed by atoms with van der Waals surface area (Å²) in [6.07, 6.45) is 4.95. The molecule has 4 nitrogen and oxygen atoms in total. The maximum absolute atomic E-state index is 13.0. The topological polar surface area (TPSA) is 41.6 Å². The zero-order chi connectivity index (χ0) is 14.7. The Morgan fingerprint density at radius 1 is 1.33 bits per heavy atom. The normalized spacial score (nSPS) is 24.5. The minimum atomic E-state index is 0.103. The van der Waals surface area contributed by atoms with Crippen molar-refractivity contribution >= 4 is 5.91 Å².